The van der Waals surface area contributed by atoms with E-state index in [1.807, 2.05) is 0 Å². The minimum atomic E-state index is -0.620. The summed E-state index contributed by atoms with van der Waals surface area (Å²) in [6, 6.07) is 2.78. The van der Waals surface area contributed by atoms with Crippen LogP contribution in [0.5, 0.6) is 0 Å². The number of halogens is 2. The van der Waals surface area contributed by atoms with Gasteiger partial charge in [-0.3, -0.25) is 0 Å². The van der Waals surface area contributed by atoms with Gasteiger partial charge >= 0.3 is 0 Å². The Hall–Kier alpha value is -1.40. The second kappa shape index (κ2) is 4.01. The smallest absolute Gasteiger partial charge is 0.126 e. The fraction of sp³-hybridized carbons (Fsp3) is 0.200. The highest BCUT2D eigenvalue weighted by Gasteiger charge is 2.07. The van der Waals surface area contributed by atoms with Crippen molar-refractivity contribution in [2.24, 2.45) is 0 Å². The van der Waals surface area contributed by atoms with Crippen LogP contribution >= 0.6 is 0 Å². The van der Waals surface area contributed by atoms with Gasteiger partial charge in [-0.05, 0) is 24.7 Å². The normalized spacial score (nSPS) is 12.2. The Kier molecular flexibility index (Phi) is 2.99. The molecule has 0 bridgehead atoms. The van der Waals surface area contributed by atoms with E-state index in [9.17, 15) is 8.78 Å². The summed E-state index contributed by atoms with van der Waals surface area (Å²) < 4.78 is 25.4. The predicted molar refractivity (Wildman–Crippen MR) is 47.0 cm³/mol. The average molecular weight is 181 g/mol. The number of benzene rings is 1. The lowest BCUT2D eigenvalue weighted by Gasteiger charge is -2.09. The molecule has 1 atom stereocenters. The first kappa shape index (κ1) is 9.69. The number of terminal acetylenes is 1. The molecule has 0 spiro atoms. The maximum Gasteiger partial charge on any atom is 0.126 e. The summed E-state index contributed by atoms with van der Waals surface area (Å²) in [6.07, 6.45) is 5.16. The average Bonchev–Trinajstić information content (AvgIpc) is 2.04. The Balaban J connectivity index is 3.08. The van der Waals surface area contributed by atoms with Crippen LogP contribution in [0.2, 0.25) is 0 Å². The first-order valence-electron chi connectivity index (χ1n) is 3.76. The molecule has 0 aliphatic heterocycles. The molecule has 0 fully saturated rings. The summed E-state index contributed by atoms with van der Waals surface area (Å²) in [4.78, 5) is 0. The van der Waals surface area contributed by atoms with Gasteiger partial charge in [0.2, 0.25) is 0 Å². The molecule has 0 saturated heterocycles. The van der Waals surface area contributed by atoms with Gasteiger partial charge in [0.15, 0.2) is 0 Å². The van der Waals surface area contributed by atoms with Gasteiger partial charge in [0, 0.05) is 6.07 Å². The predicted octanol–water partition coefficient (Wildman–Crippen LogP) is 1.86. The van der Waals surface area contributed by atoms with E-state index in [2.05, 4.69) is 11.2 Å². The maximum atomic E-state index is 12.7. The molecular weight excluding hydrogens is 172 g/mol. The molecule has 68 valence electrons. The van der Waals surface area contributed by atoms with Gasteiger partial charge in [0.25, 0.3) is 0 Å². The molecular formula is C10H9F2N. The van der Waals surface area contributed by atoms with E-state index >= 15 is 0 Å². The van der Waals surface area contributed by atoms with Crippen molar-refractivity contribution in [1.82, 2.24) is 5.32 Å². The molecule has 1 rings (SSSR count). The van der Waals surface area contributed by atoms with Gasteiger partial charge in [-0.1, -0.05) is 5.92 Å². The van der Waals surface area contributed by atoms with E-state index in [4.69, 9.17) is 6.42 Å². The van der Waals surface area contributed by atoms with Crippen LogP contribution in [0.3, 0.4) is 0 Å². The van der Waals surface area contributed by atoms with Crippen LogP contribution in [-0.4, -0.2) is 7.05 Å². The van der Waals surface area contributed by atoms with Crippen molar-refractivity contribution < 1.29 is 8.78 Å². The second-order valence-electron chi connectivity index (χ2n) is 2.59. The fourth-order valence-electron chi connectivity index (χ4n) is 1.09. The molecule has 1 aromatic carbocycles. The largest absolute Gasteiger partial charge is 0.303 e. The van der Waals surface area contributed by atoms with E-state index in [0.29, 0.717) is 5.56 Å². The zero-order valence-electron chi connectivity index (χ0n) is 7.14. The molecule has 0 aliphatic carbocycles. The van der Waals surface area contributed by atoms with E-state index in [1.54, 1.807) is 7.05 Å². The zero-order chi connectivity index (χ0) is 9.84. The Morgan fingerprint density at radius 3 is 2.23 bits per heavy atom. The van der Waals surface area contributed by atoms with Gasteiger partial charge in [-0.2, -0.15) is 0 Å². The molecule has 0 aliphatic rings. The standard InChI is InChI=1S/C10H9F2N/c1-3-10(13-2)7-4-8(11)6-9(12)5-7/h1,4-6,10,13H,2H3. The molecule has 1 aromatic rings. The molecule has 1 unspecified atom stereocenters. The molecule has 0 amide bonds. The minimum Gasteiger partial charge on any atom is -0.303 e. The maximum absolute atomic E-state index is 12.7. The molecule has 0 heterocycles. The first-order chi connectivity index (χ1) is 6.17. The third-order valence-electron chi connectivity index (χ3n) is 1.67. The van der Waals surface area contributed by atoms with Crippen molar-refractivity contribution in [3.63, 3.8) is 0 Å². The van der Waals surface area contributed by atoms with Gasteiger partial charge in [0.1, 0.15) is 11.6 Å². The highest BCUT2D eigenvalue weighted by molar-refractivity contribution is 5.26. The summed E-state index contributed by atoms with van der Waals surface area (Å²) >= 11 is 0. The Morgan fingerprint density at radius 1 is 1.31 bits per heavy atom. The monoisotopic (exact) mass is 181 g/mol. The Morgan fingerprint density at radius 2 is 1.85 bits per heavy atom. The van der Waals surface area contributed by atoms with Crippen LogP contribution in [0.25, 0.3) is 0 Å². The van der Waals surface area contributed by atoms with Crippen molar-refractivity contribution in [2.75, 3.05) is 7.05 Å². The summed E-state index contributed by atoms with van der Waals surface area (Å²) in [6.45, 7) is 0. The molecule has 0 radical (unpaired) electrons. The van der Waals surface area contributed by atoms with E-state index in [-0.39, 0.29) is 0 Å². The number of hydrogen-bond acceptors (Lipinski definition) is 1. The summed E-state index contributed by atoms with van der Waals surface area (Å²) in [5.74, 6) is 1.14. The molecule has 0 aromatic heterocycles. The van der Waals surface area contributed by atoms with Crippen molar-refractivity contribution in [3.8, 4) is 12.3 Å². The molecule has 0 saturated carbocycles. The van der Waals surface area contributed by atoms with Crippen LogP contribution < -0.4 is 5.32 Å². The number of nitrogens with one attached hydrogen (secondary N) is 1. The van der Waals surface area contributed by atoms with Gasteiger partial charge in [0.05, 0.1) is 6.04 Å². The Labute approximate surface area is 75.8 Å². The minimum absolute atomic E-state index is 0.419. The Bertz CT molecular complexity index is 321. The quantitative estimate of drug-likeness (QED) is 0.686. The summed E-state index contributed by atoms with van der Waals surface area (Å²) in [5, 5.41) is 2.75. The van der Waals surface area contributed by atoms with Crippen molar-refractivity contribution in [2.45, 2.75) is 6.04 Å². The number of rotatable bonds is 2. The van der Waals surface area contributed by atoms with E-state index < -0.39 is 17.7 Å². The highest BCUT2D eigenvalue weighted by atomic mass is 19.1. The SMILES string of the molecule is C#CC(NC)c1cc(F)cc(F)c1. The van der Waals surface area contributed by atoms with E-state index in [1.165, 1.54) is 12.1 Å². The molecule has 1 nitrogen and oxygen atoms in total. The van der Waals surface area contributed by atoms with Gasteiger partial charge in [-0.25, -0.2) is 8.78 Å². The van der Waals surface area contributed by atoms with Crippen molar-refractivity contribution in [1.29, 1.82) is 0 Å². The van der Waals surface area contributed by atoms with Gasteiger partial charge in [-0.15, -0.1) is 6.42 Å². The number of hydrogen-bond donors (Lipinski definition) is 1. The van der Waals surface area contributed by atoms with Crippen LogP contribution in [-0.2, 0) is 0 Å². The van der Waals surface area contributed by atoms with Crippen LogP contribution in [0.15, 0.2) is 18.2 Å². The lowest BCUT2D eigenvalue weighted by molar-refractivity contribution is 0.574. The summed E-state index contributed by atoms with van der Waals surface area (Å²) in [7, 11) is 1.63. The van der Waals surface area contributed by atoms with Crippen LogP contribution in [0.4, 0.5) is 8.78 Å². The van der Waals surface area contributed by atoms with Gasteiger partial charge < -0.3 is 5.32 Å². The third kappa shape index (κ3) is 2.27. The van der Waals surface area contributed by atoms with Crippen molar-refractivity contribution >= 4 is 0 Å². The highest BCUT2D eigenvalue weighted by Crippen LogP contribution is 2.14. The van der Waals surface area contributed by atoms with E-state index in [0.717, 1.165) is 6.07 Å². The first-order valence-corrected chi connectivity index (χ1v) is 3.76. The summed E-state index contributed by atoms with van der Waals surface area (Å²) in [5.41, 5.74) is 0.419. The fourth-order valence-corrected chi connectivity index (χ4v) is 1.09. The topological polar surface area (TPSA) is 12.0 Å². The molecule has 3 heteroatoms. The van der Waals surface area contributed by atoms with Crippen molar-refractivity contribution in [3.05, 3.63) is 35.4 Å². The van der Waals surface area contributed by atoms with Crippen LogP contribution in [0.1, 0.15) is 11.6 Å². The second-order valence-corrected chi connectivity index (χ2v) is 2.59. The molecule has 1 N–H and O–H groups in total. The third-order valence-corrected chi connectivity index (χ3v) is 1.67. The lowest BCUT2D eigenvalue weighted by atomic mass is 10.1. The lowest BCUT2D eigenvalue weighted by Crippen LogP contribution is -2.14. The van der Waals surface area contributed by atoms with Crippen LogP contribution in [0, 0.1) is 24.0 Å². The molecule has 13 heavy (non-hydrogen) atoms. The zero-order valence-corrected chi connectivity index (χ0v) is 7.14.